The van der Waals surface area contributed by atoms with Crippen LogP contribution in [0.25, 0.3) is 0 Å². The standard InChI is InChI=1S/C23H35N3O4S/c1-7-11-24(6)19(28)16-15-9-10-23(31-15)17(16)20(29)25(13-14-27)18(23)21(30)26(12-8-2)22(3,4)5/h7-8,15-18,27H,1-2,9-14H2,3-6H3/t15-,16+,17-,18?,23?/m0/s1. The molecule has 3 aliphatic heterocycles. The Labute approximate surface area is 189 Å². The largest absolute Gasteiger partial charge is 0.395 e. The topological polar surface area (TPSA) is 81.2 Å². The molecule has 0 aromatic rings. The van der Waals surface area contributed by atoms with E-state index in [0.717, 1.165) is 12.8 Å². The number of carbonyl (C=O) groups excluding carboxylic acids is 3. The number of fused-ring (bicyclic) bond motifs is 1. The highest BCUT2D eigenvalue weighted by molar-refractivity contribution is 8.02. The van der Waals surface area contributed by atoms with E-state index in [1.165, 1.54) is 4.90 Å². The zero-order chi connectivity index (χ0) is 23.1. The number of hydrogen-bond acceptors (Lipinski definition) is 5. The van der Waals surface area contributed by atoms with Crippen LogP contribution in [0.5, 0.6) is 0 Å². The summed E-state index contributed by atoms with van der Waals surface area (Å²) in [6, 6.07) is -0.686. The number of likely N-dealkylation sites (tertiary alicyclic amines) is 1. The number of carbonyl (C=O) groups is 3. The molecule has 0 aromatic carbocycles. The summed E-state index contributed by atoms with van der Waals surface area (Å²) in [5.41, 5.74) is -0.450. The van der Waals surface area contributed by atoms with Crippen molar-refractivity contribution in [1.82, 2.24) is 14.7 Å². The summed E-state index contributed by atoms with van der Waals surface area (Å²) >= 11 is 1.65. The maximum absolute atomic E-state index is 13.9. The molecule has 1 spiro atoms. The molecule has 3 saturated heterocycles. The van der Waals surface area contributed by atoms with Gasteiger partial charge in [-0.05, 0) is 33.6 Å². The van der Waals surface area contributed by atoms with Crippen molar-refractivity contribution in [1.29, 1.82) is 0 Å². The predicted octanol–water partition coefficient (Wildman–Crippen LogP) is 1.53. The number of likely N-dealkylation sites (N-methyl/N-ethyl adjacent to an activating group) is 1. The van der Waals surface area contributed by atoms with E-state index in [0.29, 0.717) is 13.1 Å². The molecule has 172 valence electrons. The number of nitrogens with zero attached hydrogens (tertiary/aromatic N) is 3. The molecule has 1 N–H and O–H groups in total. The third kappa shape index (κ3) is 3.71. The first-order valence-corrected chi connectivity index (χ1v) is 11.8. The predicted molar refractivity (Wildman–Crippen MR) is 122 cm³/mol. The van der Waals surface area contributed by atoms with Gasteiger partial charge in [-0.2, -0.15) is 0 Å². The molecule has 8 heteroatoms. The Morgan fingerprint density at radius 3 is 2.45 bits per heavy atom. The van der Waals surface area contributed by atoms with Crippen LogP contribution in [0.15, 0.2) is 25.3 Å². The summed E-state index contributed by atoms with van der Waals surface area (Å²) in [4.78, 5) is 45.7. The maximum Gasteiger partial charge on any atom is 0.247 e. The third-order valence-corrected chi connectivity index (χ3v) is 8.78. The second-order valence-corrected chi connectivity index (χ2v) is 11.3. The fourth-order valence-corrected chi connectivity index (χ4v) is 7.78. The van der Waals surface area contributed by atoms with Gasteiger partial charge >= 0.3 is 0 Å². The number of hydrogen-bond donors (Lipinski definition) is 1. The highest BCUT2D eigenvalue weighted by Gasteiger charge is 2.74. The van der Waals surface area contributed by atoms with Gasteiger partial charge in [0.2, 0.25) is 17.7 Å². The highest BCUT2D eigenvalue weighted by atomic mass is 32.2. The molecule has 0 saturated carbocycles. The first kappa shape index (κ1) is 23.9. The van der Waals surface area contributed by atoms with Gasteiger partial charge in [-0.15, -0.1) is 24.9 Å². The molecule has 3 aliphatic rings. The number of rotatable bonds is 8. The number of aliphatic hydroxyl groups excluding tert-OH is 1. The molecule has 5 atom stereocenters. The summed E-state index contributed by atoms with van der Waals surface area (Å²) < 4.78 is -0.631. The molecule has 2 bridgehead atoms. The molecule has 3 amide bonds. The van der Waals surface area contributed by atoms with Crippen LogP contribution in [0, 0.1) is 11.8 Å². The van der Waals surface area contributed by atoms with Crippen molar-refractivity contribution in [2.45, 2.75) is 55.2 Å². The lowest BCUT2D eigenvalue weighted by Crippen LogP contribution is -2.59. The Kier molecular flexibility index (Phi) is 6.63. The minimum atomic E-state index is -0.686. The molecule has 0 aliphatic carbocycles. The molecule has 0 radical (unpaired) electrons. The van der Waals surface area contributed by atoms with Crippen LogP contribution in [-0.2, 0) is 14.4 Å². The van der Waals surface area contributed by atoms with Crippen molar-refractivity contribution in [3.63, 3.8) is 0 Å². The van der Waals surface area contributed by atoms with Gasteiger partial charge in [0.25, 0.3) is 0 Å². The van der Waals surface area contributed by atoms with Crippen molar-refractivity contribution in [2.24, 2.45) is 11.8 Å². The van der Waals surface area contributed by atoms with Gasteiger partial charge in [-0.3, -0.25) is 14.4 Å². The van der Waals surface area contributed by atoms with Gasteiger partial charge in [0.15, 0.2) is 0 Å². The van der Waals surface area contributed by atoms with Gasteiger partial charge < -0.3 is 19.8 Å². The van der Waals surface area contributed by atoms with Gasteiger partial charge in [0.05, 0.1) is 23.2 Å². The lowest BCUT2D eigenvalue weighted by molar-refractivity contribution is -0.146. The number of thioether (sulfide) groups is 1. The van der Waals surface area contributed by atoms with E-state index in [-0.39, 0.29) is 36.1 Å². The summed E-state index contributed by atoms with van der Waals surface area (Å²) in [5.74, 6) is -1.36. The lowest BCUT2D eigenvalue weighted by atomic mass is 9.70. The number of aliphatic hydroxyl groups is 1. The minimum absolute atomic E-state index is 0.0304. The Balaban J connectivity index is 2.04. The maximum atomic E-state index is 13.9. The summed E-state index contributed by atoms with van der Waals surface area (Å²) in [6.07, 6.45) is 4.89. The van der Waals surface area contributed by atoms with Crippen molar-refractivity contribution >= 4 is 29.5 Å². The SMILES string of the molecule is C=CCN(C)C(=O)[C@@H]1[C@@H]2CCC3(S2)C(C(=O)N(CC=C)C(C)(C)C)N(CCO)C(=O)[C@H]13. The van der Waals surface area contributed by atoms with Crippen LogP contribution in [0.1, 0.15) is 33.6 Å². The van der Waals surface area contributed by atoms with Gasteiger partial charge in [0.1, 0.15) is 6.04 Å². The lowest BCUT2D eigenvalue weighted by Gasteiger charge is -2.42. The molecule has 3 rings (SSSR count). The van der Waals surface area contributed by atoms with E-state index in [2.05, 4.69) is 13.2 Å². The molecule has 3 fully saturated rings. The van der Waals surface area contributed by atoms with E-state index >= 15 is 0 Å². The minimum Gasteiger partial charge on any atom is -0.395 e. The average molecular weight is 450 g/mol. The summed E-state index contributed by atoms with van der Waals surface area (Å²) in [7, 11) is 1.73. The number of amides is 3. The molecule has 7 nitrogen and oxygen atoms in total. The summed E-state index contributed by atoms with van der Waals surface area (Å²) in [6.45, 7) is 14.1. The van der Waals surface area contributed by atoms with Crippen molar-refractivity contribution in [3.05, 3.63) is 25.3 Å². The van der Waals surface area contributed by atoms with Crippen LogP contribution >= 0.6 is 11.8 Å². The average Bonchev–Trinajstić information content (AvgIpc) is 3.33. The molecule has 0 aromatic heterocycles. The van der Waals surface area contributed by atoms with Crippen molar-refractivity contribution in [2.75, 3.05) is 33.3 Å². The normalized spacial score (nSPS) is 31.5. The fraction of sp³-hybridized carbons (Fsp3) is 0.696. The Hall–Kier alpha value is -1.80. The molecular weight excluding hydrogens is 414 g/mol. The molecule has 2 unspecified atom stereocenters. The first-order chi connectivity index (χ1) is 14.5. The van der Waals surface area contributed by atoms with Gasteiger partial charge in [-0.1, -0.05) is 12.2 Å². The van der Waals surface area contributed by atoms with Crippen molar-refractivity contribution in [3.8, 4) is 0 Å². The second kappa shape index (κ2) is 8.62. The zero-order valence-corrected chi connectivity index (χ0v) is 19.9. The van der Waals surface area contributed by atoms with Gasteiger partial charge in [-0.25, -0.2) is 0 Å². The van der Waals surface area contributed by atoms with E-state index in [1.807, 2.05) is 20.8 Å². The monoisotopic (exact) mass is 449 g/mol. The third-order valence-electron chi connectivity index (χ3n) is 6.83. The quantitative estimate of drug-likeness (QED) is 0.569. The Bertz CT molecular complexity index is 779. The smallest absolute Gasteiger partial charge is 0.247 e. The van der Waals surface area contributed by atoms with E-state index < -0.39 is 28.2 Å². The van der Waals surface area contributed by atoms with E-state index in [4.69, 9.17) is 0 Å². The van der Waals surface area contributed by atoms with E-state index in [9.17, 15) is 19.5 Å². The second-order valence-electron chi connectivity index (χ2n) is 9.73. The number of β-amino-alcohol motifs (C(OH)–C–C–N with tert-alkyl or cyclic N) is 1. The first-order valence-electron chi connectivity index (χ1n) is 10.9. The van der Waals surface area contributed by atoms with Crippen molar-refractivity contribution < 1.29 is 19.5 Å². The molecule has 31 heavy (non-hydrogen) atoms. The Morgan fingerprint density at radius 2 is 1.90 bits per heavy atom. The zero-order valence-electron chi connectivity index (χ0n) is 19.0. The fourth-order valence-electron chi connectivity index (χ4n) is 5.57. The van der Waals surface area contributed by atoms with Crippen LogP contribution in [0.2, 0.25) is 0 Å². The Morgan fingerprint density at radius 1 is 1.26 bits per heavy atom. The summed E-state index contributed by atoms with van der Waals surface area (Å²) in [5, 5.41) is 9.71. The van der Waals surface area contributed by atoms with Crippen LogP contribution < -0.4 is 0 Å². The molecular formula is C23H35N3O4S. The van der Waals surface area contributed by atoms with Crippen LogP contribution in [-0.4, -0.2) is 92.4 Å². The molecule has 3 heterocycles. The highest BCUT2D eigenvalue weighted by Crippen LogP contribution is 2.66. The van der Waals surface area contributed by atoms with E-state index in [1.54, 1.807) is 40.8 Å². The van der Waals surface area contributed by atoms with Crippen LogP contribution in [0.3, 0.4) is 0 Å². The van der Waals surface area contributed by atoms with Gasteiger partial charge in [0, 0.05) is 37.5 Å². The van der Waals surface area contributed by atoms with Crippen LogP contribution in [0.4, 0.5) is 0 Å².